The summed E-state index contributed by atoms with van der Waals surface area (Å²) in [5.74, 6) is -0.452. The van der Waals surface area contributed by atoms with Crippen LogP contribution in [0.4, 0.5) is 0 Å². The molecule has 4 heteroatoms. The summed E-state index contributed by atoms with van der Waals surface area (Å²) in [6.45, 7) is 3.58. The van der Waals surface area contributed by atoms with Gasteiger partial charge in [0.25, 0.3) is 0 Å². The number of fused-ring (bicyclic) bond motifs is 1. The van der Waals surface area contributed by atoms with Crippen molar-refractivity contribution >= 4 is 22.8 Å². The van der Waals surface area contributed by atoms with Crippen molar-refractivity contribution < 1.29 is 14.3 Å². The van der Waals surface area contributed by atoms with Crippen molar-refractivity contribution in [2.75, 3.05) is 6.61 Å². The third-order valence-corrected chi connectivity index (χ3v) is 2.54. The number of nitrogens with zero attached hydrogens (tertiary/aromatic N) is 1. The van der Waals surface area contributed by atoms with Gasteiger partial charge in [-0.05, 0) is 25.1 Å². The number of ether oxygens (including phenoxy) is 1. The summed E-state index contributed by atoms with van der Waals surface area (Å²) in [7, 11) is 0. The summed E-state index contributed by atoms with van der Waals surface area (Å²) in [5.41, 5.74) is 1.18. The quantitative estimate of drug-likeness (QED) is 0.746. The Kier molecular flexibility index (Phi) is 2.95. The zero-order chi connectivity index (χ0) is 12.4. The van der Waals surface area contributed by atoms with Crippen LogP contribution in [-0.4, -0.2) is 23.1 Å². The van der Waals surface area contributed by atoms with E-state index < -0.39 is 0 Å². The Morgan fingerprint density at radius 3 is 2.71 bits per heavy atom. The van der Waals surface area contributed by atoms with Crippen LogP contribution in [0.5, 0.6) is 0 Å². The maximum atomic E-state index is 11.6. The number of esters is 1. The van der Waals surface area contributed by atoms with Crippen LogP contribution in [0.25, 0.3) is 10.9 Å². The second-order valence-electron chi connectivity index (χ2n) is 3.70. The summed E-state index contributed by atoms with van der Waals surface area (Å²) in [5, 5.41) is 0.924. The van der Waals surface area contributed by atoms with Gasteiger partial charge in [0.05, 0.1) is 17.7 Å². The van der Waals surface area contributed by atoms with Gasteiger partial charge in [0.1, 0.15) is 0 Å². The topological polar surface area (TPSA) is 48.3 Å². The fourth-order valence-corrected chi connectivity index (χ4v) is 1.74. The van der Waals surface area contributed by atoms with Crippen LogP contribution in [-0.2, 0) is 4.74 Å². The van der Waals surface area contributed by atoms with Gasteiger partial charge in [-0.1, -0.05) is 6.07 Å². The molecule has 0 fully saturated rings. The molecule has 1 heterocycles. The average molecular weight is 231 g/mol. The SMILES string of the molecule is CCOC(=O)c1ccc2ccn(C(C)=O)c2c1. The van der Waals surface area contributed by atoms with Crippen molar-refractivity contribution in [3.05, 3.63) is 36.0 Å². The molecule has 0 unspecified atom stereocenters. The molecule has 0 atom stereocenters. The molecule has 1 aromatic carbocycles. The number of hydrogen-bond acceptors (Lipinski definition) is 3. The van der Waals surface area contributed by atoms with E-state index >= 15 is 0 Å². The molecule has 0 aliphatic carbocycles. The van der Waals surface area contributed by atoms with E-state index in [-0.39, 0.29) is 11.9 Å². The van der Waals surface area contributed by atoms with E-state index in [1.807, 2.05) is 6.07 Å². The number of aromatic nitrogens is 1. The lowest BCUT2D eigenvalue weighted by Crippen LogP contribution is -2.06. The molecule has 4 nitrogen and oxygen atoms in total. The summed E-state index contributed by atoms with van der Waals surface area (Å²) < 4.78 is 6.43. The number of hydrogen-bond donors (Lipinski definition) is 0. The molecule has 2 rings (SSSR count). The van der Waals surface area contributed by atoms with Gasteiger partial charge in [0, 0.05) is 18.5 Å². The van der Waals surface area contributed by atoms with Crippen molar-refractivity contribution in [2.24, 2.45) is 0 Å². The second kappa shape index (κ2) is 4.41. The maximum Gasteiger partial charge on any atom is 0.338 e. The molecule has 0 amide bonds. The fourth-order valence-electron chi connectivity index (χ4n) is 1.74. The molecular formula is C13H13NO3. The summed E-state index contributed by atoms with van der Waals surface area (Å²) >= 11 is 0. The first-order valence-corrected chi connectivity index (χ1v) is 5.42. The predicted octanol–water partition coefficient (Wildman–Crippen LogP) is 2.48. The van der Waals surface area contributed by atoms with Gasteiger partial charge in [-0.2, -0.15) is 0 Å². The van der Waals surface area contributed by atoms with E-state index in [1.54, 1.807) is 31.3 Å². The van der Waals surface area contributed by atoms with Crippen molar-refractivity contribution in [3.8, 4) is 0 Å². The van der Waals surface area contributed by atoms with E-state index in [4.69, 9.17) is 4.74 Å². The molecule has 0 radical (unpaired) electrons. The van der Waals surface area contributed by atoms with E-state index in [2.05, 4.69) is 0 Å². The molecule has 0 spiro atoms. The van der Waals surface area contributed by atoms with Gasteiger partial charge in [-0.25, -0.2) is 4.79 Å². The molecular weight excluding hydrogens is 218 g/mol. The molecule has 0 bridgehead atoms. The molecule has 2 aromatic rings. The Hall–Kier alpha value is -2.10. The van der Waals surface area contributed by atoms with E-state index in [1.165, 1.54) is 11.5 Å². The minimum Gasteiger partial charge on any atom is -0.462 e. The third-order valence-electron chi connectivity index (χ3n) is 2.54. The van der Waals surface area contributed by atoms with Crippen molar-refractivity contribution in [1.29, 1.82) is 0 Å². The molecule has 0 aliphatic rings. The zero-order valence-electron chi connectivity index (χ0n) is 9.77. The predicted molar refractivity (Wildman–Crippen MR) is 64.2 cm³/mol. The molecule has 1 aromatic heterocycles. The van der Waals surface area contributed by atoms with Gasteiger partial charge in [0.2, 0.25) is 5.91 Å². The Labute approximate surface area is 98.8 Å². The standard InChI is InChI=1S/C13H13NO3/c1-3-17-13(16)11-5-4-10-6-7-14(9(2)15)12(10)8-11/h4-8H,3H2,1-2H3. The largest absolute Gasteiger partial charge is 0.462 e. The van der Waals surface area contributed by atoms with Crippen LogP contribution in [0.3, 0.4) is 0 Å². The molecule has 0 saturated carbocycles. The first kappa shape index (κ1) is 11.4. The van der Waals surface area contributed by atoms with E-state index in [0.29, 0.717) is 12.2 Å². The Balaban J connectivity index is 2.51. The van der Waals surface area contributed by atoms with E-state index in [0.717, 1.165) is 10.9 Å². The smallest absolute Gasteiger partial charge is 0.338 e. The Morgan fingerprint density at radius 1 is 1.29 bits per heavy atom. The number of carbonyl (C=O) groups excluding carboxylic acids is 2. The summed E-state index contributed by atoms with van der Waals surface area (Å²) in [6, 6.07) is 7.02. The molecule has 0 N–H and O–H groups in total. The molecule has 0 aliphatic heterocycles. The van der Waals surface area contributed by atoms with Gasteiger partial charge in [0.15, 0.2) is 0 Å². The van der Waals surface area contributed by atoms with Gasteiger partial charge >= 0.3 is 5.97 Å². The van der Waals surface area contributed by atoms with Crippen LogP contribution in [0.15, 0.2) is 30.5 Å². The lowest BCUT2D eigenvalue weighted by Gasteiger charge is -2.03. The van der Waals surface area contributed by atoms with Crippen molar-refractivity contribution in [3.63, 3.8) is 0 Å². The Bertz CT molecular complexity index is 583. The highest BCUT2D eigenvalue weighted by Crippen LogP contribution is 2.18. The van der Waals surface area contributed by atoms with Crippen molar-refractivity contribution in [1.82, 2.24) is 4.57 Å². The number of carbonyl (C=O) groups is 2. The highest BCUT2D eigenvalue weighted by molar-refractivity contribution is 5.97. The lowest BCUT2D eigenvalue weighted by atomic mass is 10.1. The van der Waals surface area contributed by atoms with Crippen LogP contribution in [0, 0.1) is 0 Å². The van der Waals surface area contributed by atoms with E-state index in [9.17, 15) is 9.59 Å². The molecule has 0 saturated heterocycles. The molecule has 17 heavy (non-hydrogen) atoms. The first-order valence-electron chi connectivity index (χ1n) is 5.42. The monoisotopic (exact) mass is 231 g/mol. The van der Waals surface area contributed by atoms with Crippen molar-refractivity contribution in [2.45, 2.75) is 13.8 Å². The van der Waals surface area contributed by atoms with Crippen LogP contribution >= 0.6 is 0 Å². The number of rotatable bonds is 2. The zero-order valence-corrected chi connectivity index (χ0v) is 9.77. The minimum absolute atomic E-state index is 0.0824. The number of benzene rings is 1. The van der Waals surface area contributed by atoms with Crippen LogP contribution in [0.2, 0.25) is 0 Å². The highest BCUT2D eigenvalue weighted by atomic mass is 16.5. The third kappa shape index (κ3) is 2.06. The molecule has 88 valence electrons. The summed E-state index contributed by atoms with van der Waals surface area (Å²) in [4.78, 5) is 22.9. The van der Waals surface area contributed by atoms with Gasteiger partial charge in [-0.3, -0.25) is 9.36 Å². The average Bonchev–Trinajstić information content (AvgIpc) is 2.71. The van der Waals surface area contributed by atoms with Gasteiger partial charge < -0.3 is 4.74 Å². The highest BCUT2D eigenvalue weighted by Gasteiger charge is 2.10. The minimum atomic E-state index is -0.370. The first-order chi connectivity index (χ1) is 8.13. The Morgan fingerprint density at radius 2 is 2.06 bits per heavy atom. The summed E-state index contributed by atoms with van der Waals surface area (Å²) in [6.07, 6.45) is 1.70. The maximum absolute atomic E-state index is 11.6. The van der Waals surface area contributed by atoms with Crippen LogP contribution < -0.4 is 0 Å². The second-order valence-corrected chi connectivity index (χ2v) is 3.70. The lowest BCUT2D eigenvalue weighted by molar-refractivity contribution is 0.0526. The van der Waals surface area contributed by atoms with Gasteiger partial charge in [-0.15, -0.1) is 0 Å². The van der Waals surface area contributed by atoms with Crippen LogP contribution in [0.1, 0.15) is 29.0 Å². The fraction of sp³-hybridized carbons (Fsp3) is 0.231. The normalized spacial score (nSPS) is 10.5.